The molecule has 0 fully saturated rings. The lowest BCUT2D eigenvalue weighted by Gasteiger charge is -2.14. The second kappa shape index (κ2) is 8.39. The van der Waals surface area contributed by atoms with Crippen LogP contribution in [-0.2, 0) is 13.2 Å². The van der Waals surface area contributed by atoms with Gasteiger partial charge in [-0.1, -0.05) is 47.5 Å². The van der Waals surface area contributed by atoms with E-state index in [1.807, 2.05) is 24.3 Å². The van der Waals surface area contributed by atoms with Crippen LogP contribution < -0.4 is 10.1 Å². The fourth-order valence-corrected chi connectivity index (χ4v) is 2.79. The van der Waals surface area contributed by atoms with Crippen molar-refractivity contribution in [3.05, 3.63) is 93.5 Å². The number of rotatable bonds is 6. The molecule has 0 amide bonds. The maximum absolute atomic E-state index is 13.2. The average Bonchev–Trinajstić information content (AvgIpc) is 2.63. The molecule has 26 heavy (non-hydrogen) atoms. The summed E-state index contributed by atoms with van der Waals surface area (Å²) in [6, 6.07) is 16.2. The lowest BCUT2D eigenvalue weighted by molar-refractivity contribution is 0.303. The van der Waals surface area contributed by atoms with E-state index in [9.17, 15) is 8.78 Å². The van der Waals surface area contributed by atoms with Gasteiger partial charge in [-0.2, -0.15) is 0 Å². The van der Waals surface area contributed by atoms with Crippen molar-refractivity contribution in [2.75, 3.05) is 5.32 Å². The van der Waals surface area contributed by atoms with Gasteiger partial charge in [0.05, 0.1) is 10.0 Å². The quantitative estimate of drug-likeness (QED) is 0.518. The lowest BCUT2D eigenvalue weighted by atomic mass is 10.2. The molecule has 0 aliphatic rings. The summed E-state index contributed by atoms with van der Waals surface area (Å²) in [6.45, 7) is 0.688. The van der Waals surface area contributed by atoms with E-state index in [0.717, 1.165) is 5.56 Å². The van der Waals surface area contributed by atoms with Crippen LogP contribution in [0.2, 0.25) is 10.0 Å². The Balaban J connectivity index is 1.68. The van der Waals surface area contributed by atoms with Gasteiger partial charge < -0.3 is 10.1 Å². The van der Waals surface area contributed by atoms with Crippen molar-refractivity contribution in [1.82, 2.24) is 0 Å². The molecular formula is C20H15Cl2F2NO. The highest BCUT2D eigenvalue weighted by atomic mass is 35.5. The summed E-state index contributed by atoms with van der Waals surface area (Å²) in [7, 11) is 0. The van der Waals surface area contributed by atoms with Crippen LogP contribution in [0.5, 0.6) is 5.75 Å². The van der Waals surface area contributed by atoms with Gasteiger partial charge in [0.2, 0.25) is 0 Å². The lowest BCUT2D eigenvalue weighted by Crippen LogP contribution is -2.04. The normalized spacial score (nSPS) is 10.6. The van der Waals surface area contributed by atoms with Gasteiger partial charge in [0, 0.05) is 23.4 Å². The zero-order chi connectivity index (χ0) is 18.5. The largest absolute Gasteiger partial charge is 0.488 e. The fraction of sp³-hybridized carbons (Fsp3) is 0.100. The van der Waals surface area contributed by atoms with Crippen LogP contribution in [0, 0.1) is 11.6 Å². The molecule has 0 spiro atoms. The Morgan fingerprint density at radius 3 is 2.42 bits per heavy atom. The Labute approximate surface area is 160 Å². The molecule has 0 aliphatic carbocycles. The molecule has 0 radical (unpaired) electrons. The topological polar surface area (TPSA) is 21.3 Å². The zero-order valence-corrected chi connectivity index (χ0v) is 15.1. The van der Waals surface area contributed by atoms with Crippen LogP contribution in [0.1, 0.15) is 11.1 Å². The number of anilines is 1. The third kappa shape index (κ3) is 4.65. The Bertz CT molecular complexity index is 918. The summed E-state index contributed by atoms with van der Waals surface area (Å²) in [5.41, 5.74) is 2.31. The number of para-hydroxylation sites is 1. The molecule has 0 saturated carbocycles. The van der Waals surface area contributed by atoms with Gasteiger partial charge in [-0.05, 0) is 36.4 Å². The molecule has 6 heteroatoms. The van der Waals surface area contributed by atoms with E-state index in [4.69, 9.17) is 27.9 Å². The predicted octanol–water partition coefficient (Wildman–Crippen LogP) is 6.46. The van der Waals surface area contributed by atoms with Crippen molar-refractivity contribution in [3.8, 4) is 5.75 Å². The van der Waals surface area contributed by atoms with Gasteiger partial charge in [-0.3, -0.25) is 0 Å². The van der Waals surface area contributed by atoms with Crippen molar-refractivity contribution < 1.29 is 13.5 Å². The predicted molar refractivity (Wildman–Crippen MR) is 101 cm³/mol. The number of nitrogens with one attached hydrogen (secondary N) is 1. The van der Waals surface area contributed by atoms with Crippen LogP contribution in [0.4, 0.5) is 14.5 Å². The number of benzene rings is 3. The number of hydrogen-bond acceptors (Lipinski definition) is 2. The molecule has 3 aromatic rings. The van der Waals surface area contributed by atoms with Crippen LogP contribution in [-0.4, -0.2) is 0 Å². The monoisotopic (exact) mass is 393 g/mol. The first-order valence-corrected chi connectivity index (χ1v) is 8.62. The summed E-state index contributed by atoms with van der Waals surface area (Å²) < 4.78 is 32.2. The van der Waals surface area contributed by atoms with E-state index in [1.165, 1.54) is 24.3 Å². The molecule has 0 bridgehead atoms. The molecule has 0 aliphatic heterocycles. The van der Waals surface area contributed by atoms with Crippen LogP contribution in [0.15, 0.2) is 60.7 Å². The van der Waals surface area contributed by atoms with Gasteiger partial charge in [0.15, 0.2) is 0 Å². The number of halogens is 4. The average molecular weight is 394 g/mol. The first-order valence-electron chi connectivity index (χ1n) is 7.86. The molecule has 3 aromatic carbocycles. The van der Waals surface area contributed by atoms with E-state index in [0.29, 0.717) is 28.6 Å². The molecule has 0 saturated heterocycles. The molecule has 0 atom stereocenters. The van der Waals surface area contributed by atoms with Crippen molar-refractivity contribution in [2.45, 2.75) is 13.2 Å². The third-order valence-corrected chi connectivity index (χ3v) is 4.41. The van der Waals surface area contributed by atoms with E-state index in [1.54, 1.807) is 12.1 Å². The molecular weight excluding hydrogens is 379 g/mol. The Morgan fingerprint density at radius 2 is 1.65 bits per heavy atom. The van der Waals surface area contributed by atoms with Crippen molar-refractivity contribution in [3.63, 3.8) is 0 Å². The van der Waals surface area contributed by atoms with Gasteiger partial charge >= 0.3 is 0 Å². The highest BCUT2D eigenvalue weighted by Gasteiger charge is 2.07. The summed E-state index contributed by atoms with van der Waals surface area (Å²) in [6.07, 6.45) is 0. The molecule has 2 nitrogen and oxygen atoms in total. The molecule has 0 aromatic heterocycles. The van der Waals surface area contributed by atoms with Crippen molar-refractivity contribution in [1.29, 1.82) is 0 Å². The minimum atomic E-state index is -0.461. The second-order valence-electron chi connectivity index (χ2n) is 5.61. The van der Waals surface area contributed by atoms with Crippen LogP contribution in [0.25, 0.3) is 0 Å². The Kier molecular flexibility index (Phi) is 5.96. The minimum Gasteiger partial charge on any atom is -0.488 e. The highest BCUT2D eigenvalue weighted by Crippen LogP contribution is 2.25. The maximum Gasteiger partial charge on any atom is 0.141 e. The fourth-order valence-electron chi connectivity index (χ4n) is 2.39. The standard InChI is InChI=1S/C20H15Cl2F2NO/c21-17-9-15(23)6-5-14(17)12-26-20-4-2-1-3-13(20)11-25-16-7-8-19(24)18(22)10-16/h1-10,25H,11-12H2. The molecule has 134 valence electrons. The van der Waals surface area contributed by atoms with Crippen LogP contribution >= 0.6 is 23.2 Å². The van der Waals surface area contributed by atoms with E-state index in [-0.39, 0.29) is 17.4 Å². The SMILES string of the molecule is Fc1ccc(COc2ccccc2CNc2ccc(F)c(Cl)c2)c(Cl)c1. The molecule has 0 unspecified atom stereocenters. The summed E-state index contributed by atoms with van der Waals surface area (Å²) in [4.78, 5) is 0. The molecule has 3 rings (SSSR count). The van der Waals surface area contributed by atoms with Gasteiger partial charge in [0.25, 0.3) is 0 Å². The van der Waals surface area contributed by atoms with Gasteiger partial charge in [-0.15, -0.1) is 0 Å². The summed E-state index contributed by atoms with van der Waals surface area (Å²) in [5, 5.41) is 3.56. The smallest absolute Gasteiger partial charge is 0.141 e. The van der Waals surface area contributed by atoms with Gasteiger partial charge in [0.1, 0.15) is 24.0 Å². The first kappa shape index (κ1) is 18.5. The van der Waals surface area contributed by atoms with Gasteiger partial charge in [-0.25, -0.2) is 8.78 Å². The second-order valence-corrected chi connectivity index (χ2v) is 6.43. The number of ether oxygens (including phenoxy) is 1. The molecule has 1 N–H and O–H groups in total. The zero-order valence-electron chi connectivity index (χ0n) is 13.6. The third-order valence-electron chi connectivity index (χ3n) is 3.77. The Morgan fingerprint density at radius 1 is 0.846 bits per heavy atom. The maximum atomic E-state index is 13.2. The van der Waals surface area contributed by atoms with E-state index in [2.05, 4.69) is 5.32 Å². The summed E-state index contributed by atoms with van der Waals surface area (Å²) in [5.74, 6) is -0.174. The number of hydrogen-bond donors (Lipinski definition) is 1. The molecule has 0 heterocycles. The summed E-state index contributed by atoms with van der Waals surface area (Å²) >= 11 is 11.8. The Hall–Kier alpha value is -2.30. The van der Waals surface area contributed by atoms with Crippen molar-refractivity contribution in [2.24, 2.45) is 0 Å². The highest BCUT2D eigenvalue weighted by molar-refractivity contribution is 6.31. The van der Waals surface area contributed by atoms with Crippen LogP contribution in [0.3, 0.4) is 0 Å². The first-order chi connectivity index (χ1) is 12.5. The van der Waals surface area contributed by atoms with E-state index >= 15 is 0 Å². The van der Waals surface area contributed by atoms with Crippen molar-refractivity contribution >= 4 is 28.9 Å². The van der Waals surface area contributed by atoms with E-state index < -0.39 is 5.82 Å². The minimum absolute atomic E-state index is 0.0606.